The van der Waals surface area contributed by atoms with E-state index in [1.807, 2.05) is 0 Å². The molecule has 1 aliphatic heterocycles. The fourth-order valence-electron chi connectivity index (χ4n) is 2.39. The lowest BCUT2D eigenvalue weighted by atomic mass is 10.1. The molecule has 0 spiro atoms. The van der Waals surface area contributed by atoms with E-state index < -0.39 is 28.2 Å². The number of Topliss-reactive ketones (excluding diaryl/α,β-unsaturated/α-hetero) is 1. The summed E-state index contributed by atoms with van der Waals surface area (Å²) < 4.78 is 33.0. The van der Waals surface area contributed by atoms with Crippen molar-refractivity contribution in [1.29, 1.82) is 0 Å². The van der Waals surface area contributed by atoms with Crippen molar-refractivity contribution in [3.63, 3.8) is 0 Å². The lowest BCUT2D eigenvalue weighted by molar-refractivity contribution is -0.118. The van der Waals surface area contributed by atoms with Crippen molar-refractivity contribution in [3.05, 3.63) is 53.6 Å². The molecular weight excluding hydrogens is 374 g/mol. The zero-order valence-corrected chi connectivity index (χ0v) is 15.0. The van der Waals surface area contributed by atoms with E-state index in [1.54, 1.807) is 6.07 Å². The second-order valence-electron chi connectivity index (χ2n) is 5.84. The standard InChI is InChI=1S/C18H15NO7S/c1-27(23,24)13-5-2-11(3-6-13)18(22)26-9-15(20)12-4-7-16-14(8-12)19-17(21)10-25-16/h2-8H,9-10H2,1H3,(H,19,21). The number of hydrogen-bond acceptors (Lipinski definition) is 7. The Kier molecular flexibility index (Phi) is 4.95. The average molecular weight is 389 g/mol. The summed E-state index contributed by atoms with van der Waals surface area (Å²) in [6.45, 7) is -0.587. The number of amides is 1. The molecule has 3 rings (SSSR count). The molecule has 1 aliphatic rings. The molecule has 1 amide bonds. The van der Waals surface area contributed by atoms with Crippen molar-refractivity contribution in [2.24, 2.45) is 0 Å². The summed E-state index contributed by atoms with van der Waals surface area (Å²) in [6, 6.07) is 9.72. The van der Waals surface area contributed by atoms with Crippen LogP contribution in [0.1, 0.15) is 20.7 Å². The summed E-state index contributed by atoms with van der Waals surface area (Å²) in [4.78, 5) is 35.7. The highest BCUT2D eigenvalue weighted by Crippen LogP contribution is 2.28. The quantitative estimate of drug-likeness (QED) is 0.608. The van der Waals surface area contributed by atoms with Crippen molar-refractivity contribution in [3.8, 4) is 5.75 Å². The van der Waals surface area contributed by atoms with Gasteiger partial charge in [0, 0.05) is 11.8 Å². The third-order valence-corrected chi connectivity index (χ3v) is 4.92. The summed E-state index contributed by atoms with van der Waals surface area (Å²) in [5.74, 6) is -1.08. The first-order valence-corrected chi connectivity index (χ1v) is 9.70. The van der Waals surface area contributed by atoms with Crippen LogP contribution in [0.25, 0.3) is 0 Å². The van der Waals surface area contributed by atoms with Crippen LogP contribution in [0.2, 0.25) is 0 Å². The minimum atomic E-state index is -3.36. The van der Waals surface area contributed by atoms with Crippen LogP contribution in [0.15, 0.2) is 47.4 Å². The van der Waals surface area contributed by atoms with E-state index in [1.165, 1.54) is 36.4 Å². The maximum Gasteiger partial charge on any atom is 0.338 e. The van der Waals surface area contributed by atoms with Gasteiger partial charge < -0.3 is 14.8 Å². The number of ether oxygens (including phenoxy) is 2. The molecule has 27 heavy (non-hydrogen) atoms. The predicted molar refractivity (Wildman–Crippen MR) is 94.7 cm³/mol. The van der Waals surface area contributed by atoms with E-state index in [0.717, 1.165) is 6.26 Å². The Bertz CT molecular complexity index is 1030. The molecule has 1 heterocycles. The summed E-state index contributed by atoms with van der Waals surface area (Å²) in [6.07, 6.45) is 1.06. The molecule has 0 saturated heterocycles. The van der Waals surface area contributed by atoms with Gasteiger partial charge in [-0.1, -0.05) is 0 Å². The molecule has 0 aliphatic carbocycles. The lowest BCUT2D eigenvalue weighted by Gasteiger charge is -2.18. The van der Waals surface area contributed by atoms with Gasteiger partial charge in [0.2, 0.25) is 0 Å². The highest BCUT2D eigenvalue weighted by Gasteiger charge is 2.19. The number of carbonyl (C=O) groups is 3. The maximum absolute atomic E-state index is 12.2. The fraction of sp³-hybridized carbons (Fsp3) is 0.167. The van der Waals surface area contributed by atoms with Crippen molar-refractivity contribution < 1.29 is 32.3 Å². The molecule has 0 radical (unpaired) electrons. The number of carbonyl (C=O) groups excluding carboxylic acids is 3. The number of sulfone groups is 1. The first kappa shape index (κ1) is 18.6. The van der Waals surface area contributed by atoms with Crippen molar-refractivity contribution in [1.82, 2.24) is 0 Å². The average Bonchev–Trinajstić information content (AvgIpc) is 2.64. The smallest absolute Gasteiger partial charge is 0.338 e. The summed E-state index contributed by atoms with van der Waals surface area (Å²) >= 11 is 0. The predicted octanol–water partition coefficient (Wildman–Crippen LogP) is 1.46. The molecule has 8 nitrogen and oxygen atoms in total. The zero-order valence-electron chi connectivity index (χ0n) is 14.2. The number of ketones is 1. The molecule has 9 heteroatoms. The van der Waals surface area contributed by atoms with Gasteiger partial charge in [0.1, 0.15) is 5.75 Å². The first-order chi connectivity index (χ1) is 12.7. The number of nitrogens with one attached hydrogen (secondary N) is 1. The molecule has 0 saturated carbocycles. The molecule has 2 aromatic carbocycles. The minimum Gasteiger partial charge on any atom is -0.482 e. The van der Waals surface area contributed by atoms with E-state index in [4.69, 9.17) is 9.47 Å². The molecule has 140 valence electrons. The van der Waals surface area contributed by atoms with Crippen molar-refractivity contribution >= 4 is 33.2 Å². The molecule has 0 fully saturated rings. The Morgan fingerprint density at radius 3 is 2.44 bits per heavy atom. The second-order valence-corrected chi connectivity index (χ2v) is 7.86. The van der Waals surface area contributed by atoms with Gasteiger partial charge in [0.15, 0.2) is 28.8 Å². The number of fused-ring (bicyclic) bond motifs is 1. The van der Waals surface area contributed by atoms with E-state index >= 15 is 0 Å². The van der Waals surface area contributed by atoms with E-state index in [9.17, 15) is 22.8 Å². The Morgan fingerprint density at radius 1 is 1.11 bits per heavy atom. The monoisotopic (exact) mass is 389 g/mol. The SMILES string of the molecule is CS(=O)(=O)c1ccc(C(=O)OCC(=O)c2ccc3c(c2)NC(=O)CO3)cc1. The van der Waals surface area contributed by atoms with Crippen LogP contribution in [0.4, 0.5) is 5.69 Å². The molecule has 2 aromatic rings. The van der Waals surface area contributed by atoms with Crippen LogP contribution in [0.3, 0.4) is 0 Å². The second kappa shape index (κ2) is 7.20. The van der Waals surface area contributed by atoms with Gasteiger partial charge in [-0.2, -0.15) is 0 Å². The van der Waals surface area contributed by atoms with Gasteiger partial charge in [-0.15, -0.1) is 0 Å². The number of esters is 1. The van der Waals surface area contributed by atoms with E-state index in [2.05, 4.69) is 5.32 Å². The Morgan fingerprint density at radius 2 is 1.78 bits per heavy atom. The van der Waals surface area contributed by atoms with Crippen LogP contribution >= 0.6 is 0 Å². The first-order valence-electron chi connectivity index (χ1n) is 7.81. The van der Waals surface area contributed by atoms with E-state index in [-0.39, 0.29) is 28.5 Å². The number of hydrogen-bond donors (Lipinski definition) is 1. The number of anilines is 1. The highest BCUT2D eigenvalue weighted by atomic mass is 32.2. The normalized spacial score (nSPS) is 13.1. The van der Waals surface area contributed by atoms with Gasteiger partial charge >= 0.3 is 5.97 Å². The van der Waals surface area contributed by atoms with E-state index in [0.29, 0.717) is 11.4 Å². The van der Waals surface area contributed by atoms with Gasteiger partial charge in [0.25, 0.3) is 5.91 Å². The van der Waals surface area contributed by atoms with Crippen LogP contribution in [-0.4, -0.2) is 45.5 Å². The third kappa shape index (κ3) is 4.32. The third-order valence-electron chi connectivity index (χ3n) is 3.79. The maximum atomic E-state index is 12.2. The van der Waals surface area contributed by atoms with Crippen LogP contribution < -0.4 is 10.1 Å². The topological polar surface area (TPSA) is 116 Å². The van der Waals surface area contributed by atoms with Crippen molar-refractivity contribution in [2.45, 2.75) is 4.90 Å². The zero-order chi connectivity index (χ0) is 19.6. The van der Waals surface area contributed by atoms with Gasteiger partial charge in [0.05, 0.1) is 16.1 Å². The largest absolute Gasteiger partial charge is 0.482 e. The lowest BCUT2D eigenvalue weighted by Crippen LogP contribution is -2.25. The van der Waals surface area contributed by atoms with Crippen molar-refractivity contribution in [2.75, 3.05) is 24.8 Å². The highest BCUT2D eigenvalue weighted by molar-refractivity contribution is 7.90. The molecule has 0 unspecified atom stereocenters. The molecule has 0 bridgehead atoms. The van der Waals surface area contributed by atoms with Gasteiger partial charge in [-0.25, -0.2) is 13.2 Å². The van der Waals surface area contributed by atoms with Crippen LogP contribution in [-0.2, 0) is 19.4 Å². The van der Waals surface area contributed by atoms with Crippen LogP contribution in [0.5, 0.6) is 5.75 Å². The Labute approximate surface area is 155 Å². The summed E-state index contributed by atoms with van der Waals surface area (Å²) in [5.41, 5.74) is 0.751. The molecule has 0 aromatic heterocycles. The van der Waals surface area contributed by atoms with Gasteiger partial charge in [-0.3, -0.25) is 9.59 Å². The fourth-order valence-corrected chi connectivity index (χ4v) is 3.02. The molecule has 1 N–H and O–H groups in total. The van der Waals surface area contributed by atoms with Crippen LogP contribution in [0, 0.1) is 0 Å². The summed E-state index contributed by atoms with van der Waals surface area (Å²) in [5, 5.41) is 2.59. The minimum absolute atomic E-state index is 0.0773. The van der Waals surface area contributed by atoms with Gasteiger partial charge in [-0.05, 0) is 42.5 Å². The number of rotatable bonds is 5. The Balaban J connectivity index is 1.64. The Hall–Kier alpha value is -3.20. The molecule has 0 atom stereocenters. The summed E-state index contributed by atoms with van der Waals surface area (Å²) in [7, 11) is -3.36. The molecular formula is C18H15NO7S. The number of benzene rings is 2.